The number of anilines is 1. The Bertz CT molecular complexity index is 867. The highest BCUT2D eigenvalue weighted by Gasteiger charge is 2.20. The zero-order chi connectivity index (χ0) is 17.2. The van der Waals surface area contributed by atoms with Gasteiger partial charge in [-0.2, -0.15) is 0 Å². The summed E-state index contributed by atoms with van der Waals surface area (Å²) in [7, 11) is 0. The third-order valence-corrected chi connectivity index (χ3v) is 5.82. The van der Waals surface area contributed by atoms with Crippen molar-refractivity contribution in [3.8, 4) is 0 Å². The second kappa shape index (κ2) is 7.08. The van der Waals surface area contributed by atoms with Gasteiger partial charge < -0.3 is 5.32 Å². The molecular formula is C20H22FN3S. The molecule has 0 bridgehead atoms. The summed E-state index contributed by atoms with van der Waals surface area (Å²) in [5.74, 6) is 2.16. The van der Waals surface area contributed by atoms with Crippen molar-refractivity contribution >= 4 is 27.4 Å². The van der Waals surface area contributed by atoms with Crippen molar-refractivity contribution in [2.24, 2.45) is 0 Å². The van der Waals surface area contributed by atoms with Crippen LogP contribution in [0.15, 0.2) is 30.3 Å². The molecule has 0 atom stereocenters. The summed E-state index contributed by atoms with van der Waals surface area (Å²) in [4.78, 5) is 12.1. The lowest BCUT2D eigenvalue weighted by atomic mass is 9.89. The molecule has 3 nitrogen and oxygen atoms in total. The summed E-state index contributed by atoms with van der Waals surface area (Å²) in [5.41, 5.74) is 1.04. The average molecular weight is 355 g/mol. The van der Waals surface area contributed by atoms with Gasteiger partial charge in [-0.3, -0.25) is 0 Å². The van der Waals surface area contributed by atoms with Gasteiger partial charge in [0.2, 0.25) is 0 Å². The molecule has 1 saturated carbocycles. The van der Waals surface area contributed by atoms with E-state index in [0.717, 1.165) is 27.4 Å². The molecule has 0 spiro atoms. The van der Waals surface area contributed by atoms with E-state index < -0.39 is 0 Å². The summed E-state index contributed by atoms with van der Waals surface area (Å²) in [6.07, 6.45) is 6.24. The smallest absolute Gasteiger partial charge is 0.138 e. The van der Waals surface area contributed by atoms with Gasteiger partial charge in [0.25, 0.3) is 0 Å². The minimum absolute atomic E-state index is 0.207. The van der Waals surface area contributed by atoms with E-state index in [1.807, 2.05) is 12.1 Å². The van der Waals surface area contributed by atoms with Gasteiger partial charge in [-0.05, 0) is 43.5 Å². The normalized spacial score (nSPS) is 15.6. The lowest BCUT2D eigenvalue weighted by Crippen LogP contribution is -2.11. The second-order valence-electron chi connectivity index (χ2n) is 6.82. The Morgan fingerprint density at radius 3 is 2.64 bits per heavy atom. The monoisotopic (exact) mass is 355 g/mol. The molecule has 0 aliphatic heterocycles. The Morgan fingerprint density at radius 2 is 1.88 bits per heavy atom. The van der Waals surface area contributed by atoms with Crippen LogP contribution in [0.25, 0.3) is 10.2 Å². The van der Waals surface area contributed by atoms with Crippen LogP contribution >= 0.6 is 11.3 Å². The van der Waals surface area contributed by atoms with Gasteiger partial charge >= 0.3 is 0 Å². The molecule has 3 aromatic rings. The van der Waals surface area contributed by atoms with E-state index in [1.165, 1.54) is 49.1 Å². The zero-order valence-corrected chi connectivity index (χ0v) is 15.2. The highest BCUT2D eigenvalue weighted by atomic mass is 32.1. The summed E-state index contributed by atoms with van der Waals surface area (Å²) in [6, 6.07) is 8.75. The third kappa shape index (κ3) is 3.66. The number of nitrogens with one attached hydrogen (secondary N) is 1. The topological polar surface area (TPSA) is 37.8 Å². The van der Waals surface area contributed by atoms with Crippen LogP contribution in [0.2, 0.25) is 0 Å². The molecule has 1 aliphatic rings. The Hall–Kier alpha value is -2.01. The minimum Gasteiger partial charge on any atom is -0.365 e. The number of hydrogen-bond donors (Lipinski definition) is 1. The number of nitrogens with zero attached hydrogens (tertiary/aromatic N) is 2. The molecule has 1 aliphatic carbocycles. The van der Waals surface area contributed by atoms with E-state index in [-0.39, 0.29) is 5.82 Å². The van der Waals surface area contributed by atoms with Gasteiger partial charge in [0.15, 0.2) is 0 Å². The standard InChI is InChI=1S/C20H22FN3S/c1-13-11-17-19(22-12-14-7-9-16(21)10-8-14)23-18(24-20(17)25-13)15-5-3-2-4-6-15/h7-11,15H,2-6,12H2,1H3,(H,22,23,24). The molecule has 25 heavy (non-hydrogen) atoms. The molecule has 1 N–H and O–H groups in total. The molecule has 0 unspecified atom stereocenters. The molecule has 0 radical (unpaired) electrons. The molecule has 0 amide bonds. The van der Waals surface area contributed by atoms with E-state index >= 15 is 0 Å². The van der Waals surface area contributed by atoms with E-state index in [1.54, 1.807) is 11.3 Å². The number of aryl methyl sites for hydroxylation is 1. The fourth-order valence-corrected chi connectivity index (χ4v) is 4.41. The van der Waals surface area contributed by atoms with Crippen molar-refractivity contribution in [3.05, 3.63) is 52.4 Å². The van der Waals surface area contributed by atoms with Crippen molar-refractivity contribution in [1.29, 1.82) is 0 Å². The number of thiophene rings is 1. The molecule has 0 saturated heterocycles. The van der Waals surface area contributed by atoms with Crippen molar-refractivity contribution in [2.45, 2.75) is 51.5 Å². The fourth-order valence-electron chi connectivity index (χ4n) is 3.52. The maximum atomic E-state index is 13.1. The Morgan fingerprint density at radius 1 is 1.12 bits per heavy atom. The predicted molar refractivity (Wildman–Crippen MR) is 102 cm³/mol. The van der Waals surface area contributed by atoms with Crippen LogP contribution < -0.4 is 5.32 Å². The maximum absolute atomic E-state index is 13.1. The van der Waals surface area contributed by atoms with Crippen LogP contribution in [0, 0.1) is 12.7 Å². The Balaban J connectivity index is 1.64. The highest BCUT2D eigenvalue weighted by molar-refractivity contribution is 7.18. The van der Waals surface area contributed by atoms with E-state index in [9.17, 15) is 4.39 Å². The van der Waals surface area contributed by atoms with Gasteiger partial charge in [-0.1, -0.05) is 31.4 Å². The van der Waals surface area contributed by atoms with Gasteiger partial charge in [-0.15, -0.1) is 11.3 Å². The molecule has 4 rings (SSSR count). The largest absolute Gasteiger partial charge is 0.365 e. The molecule has 2 heterocycles. The number of rotatable bonds is 4. The number of benzene rings is 1. The van der Waals surface area contributed by atoms with Crippen molar-refractivity contribution < 1.29 is 4.39 Å². The van der Waals surface area contributed by atoms with E-state index in [2.05, 4.69) is 18.3 Å². The van der Waals surface area contributed by atoms with Gasteiger partial charge in [0.1, 0.15) is 22.3 Å². The number of halogens is 1. The first kappa shape index (κ1) is 16.5. The minimum atomic E-state index is -0.207. The average Bonchev–Trinajstić information content (AvgIpc) is 3.02. The molecule has 130 valence electrons. The van der Waals surface area contributed by atoms with Crippen molar-refractivity contribution in [1.82, 2.24) is 9.97 Å². The Labute approximate surface area is 151 Å². The second-order valence-corrected chi connectivity index (χ2v) is 8.06. The van der Waals surface area contributed by atoms with Crippen molar-refractivity contribution in [2.75, 3.05) is 5.32 Å². The predicted octanol–water partition coefficient (Wildman–Crippen LogP) is 5.80. The first-order chi connectivity index (χ1) is 12.2. The van der Waals surface area contributed by atoms with Gasteiger partial charge in [0, 0.05) is 17.3 Å². The van der Waals surface area contributed by atoms with Crippen LogP contribution in [0.1, 0.15) is 54.3 Å². The summed E-state index contributed by atoms with van der Waals surface area (Å²) in [6.45, 7) is 2.74. The lowest BCUT2D eigenvalue weighted by molar-refractivity contribution is 0.430. The molecule has 5 heteroatoms. The van der Waals surface area contributed by atoms with Crippen LogP contribution in [0.3, 0.4) is 0 Å². The van der Waals surface area contributed by atoms with E-state index in [0.29, 0.717) is 12.5 Å². The van der Waals surface area contributed by atoms with Gasteiger partial charge in [-0.25, -0.2) is 14.4 Å². The first-order valence-corrected chi connectivity index (χ1v) is 9.77. The van der Waals surface area contributed by atoms with Crippen LogP contribution in [-0.2, 0) is 6.54 Å². The maximum Gasteiger partial charge on any atom is 0.138 e. The number of fused-ring (bicyclic) bond motifs is 1. The summed E-state index contributed by atoms with van der Waals surface area (Å²) < 4.78 is 13.1. The SMILES string of the molecule is Cc1cc2c(NCc3ccc(F)cc3)nc(C3CCCCC3)nc2s1. The van der Waals surface area contributed by atoms with Gasteiger partial charge in [0.05, 0.1) is 5.39 Å². The number of aromatic nitrogens is 2. The lowest BCUT2D eigenvalue weighted by Gasteiger charge is -2.21. The quantitative estimate of drug-likeness (QED) is 0.643. The van der Waals surface area contributed by atoms with Crippen molar-refractivity contribution in [3.63, 3.8) is 0 Å². The van der Waals surface area contributed by atoms with Crippen LogP contribution in [0.5, 0.6) is 0 Å². The molecular weight excluding hydrogens is 333 g/mol. The number of hydrogen-bond acceptors (Lipinski definition) is 4. The fraction of sp³-hybridized carbons (Fsp3) is 0.400. The third-order valence-electron chi connectivity index (χ3n) is 4.88. The molecule has 2 aromatic heterocycles. The first-order valence-electron chi connectivity index (χ1n) is 8.95. The summed E-state index contributed by atoms with van der Waals surface area (Å²) in [5, 5.41) is 4.54. The Kier molecular flexibility index (Phi) is 4.66. The van der Waals surface area contributed by atoms with Crippen LogP contribution in [0.4, 0.5) is 10.2 Å². The van der Waals surface area contributed by atoms with E-state index in [4.69, 9.17) is 9.97 Å². The van der Waals surface area contributed by atoms with Crippen LogP contribution in [-0.4, -0.2) is 9.97 Å². The highest BCUT2D eigenvalue weighted by Crippen LogP contribution is 2.35. The summed E-state index contributed by atoms with van der Waals surface area (Å²) >= 11 is 1.73. The molecule has 1 aromatic carbocycles. The molecule has 1 fully saturated rings. The zero-order valence-electron chi connectivity index (χ0n) is 14.4.